The maximum Gasteiger partial charge on any atom is 0.119 e. The van der Waals surface area contributed by atoms with Crippen LogP contribution in [0.25, 0.3) is 10.8 Å². The number of hydrogen-bond donors (Lipinski definition) is 1. The summed E-state index contributed by atoms with van der Waals surface area (Å²) in [5.41, 5.74) is 1.25. The van der Waals surface area contributed by atoms with Crippen LogP contribution in [-0.2, 0) is 10.8 Å². The van der Waals surface area contributed by atoms with Gasteiger partial charge in [-0.15, -0.1) is 0 Å². The number of fused-ring (bicyclic) bond motifs is 1. The Kier molecular flexibility index (Phi) is 5.76. The van der Waals surface area contributed by atoms with Crippen molar-refractivity contribution in [1.29, 1.82) is 0 Å². The lowest BCUT2D eigenvalue weighted by Crippen LogP contribution is -2.24. The van der Waals surface area contributed by atoms with Gasteiger partial charge in [0.2, 0.25) is 0 Å². The molecule has 0 aliphatic carbocycles. The van der Waals surface area contributed by atoms with Crippen molar-refractivity contribution in [3.63, 3.8) is 0 Å². The molecule has 21 heavy (non-hydrogen) atoms. The number of rotatable bonds is 7. The van der Waals surface area contributed by atoms with Crippen molar-refractivity contribution >= 4 is 21.6 Å². The van der Waals surface area contributed by atoms with E-state index in [4.69, 9.17) is 4.74 Å². The molecule has 2 aromatic rings. The highest BCUT2D eigenvalue weighted by atomic mass is 32.2. The van der Waals surface area contributed by atoms with Crippen LogP contribution in [-0.4, -0.2) is 29.4 Å². The van der Waals surface area contributed by atoms with E-state index in [-0.39, 0.29) is 6.04 Å². The molecule has 0 aliphatic heterocycles. The summed E-state index contributed by atoms with van der Waals surface area (Å²) in [5.74, 6) is 2.32. The van der Waals surface area contributed by atoms with Gasteiger partial charge in [0, 0.05) is 34.9 Å². The normalized spacial score (nSPS) is 14.0. The van der Waals surface area contributed by atoms with E-state index in [0.717, 1.165) is 18.0 Å². The molecule has 0 fully saturated rings. The van der Waals surface area contributed by atoms with Crippen molar-refractivity contribution in [3.8, 4) is 5.75 Å². The highest BCUT2D eigenvalue weighted by molar-refractivity contribution is 7.84. The van der Waals surface area contributed by atoms with Gasteiger partial charge in [-0.1, -0.05) is 25.1 Å². The molecule has 2 unspecified atom stereocenters. The Morgan fingerprint density at radius 3 is 2.62 bits per heavy atom. The highest BCUT2D eigenvalue weighted by Crippen LogP contribution is 2.24. The van der Waals surface area contributed by atoms with E-state index in [1.54, 1.807) is 7.11 Å². The van der Waals surface area contributed by atoms with Gasteiger partial charge in [0.15, 0.2) is 0 Å². The lowest BCUT2D eigenvalue weighted by atomic mass is 10.0. The second-order valence-electron chi connectivity index (χ2n) is 5.08. The monoisotopic (exact) mass is 305 g/mol. The summed E-state index contributed by atoms with van der Waals surface area (Å²) in [7, 11) is 0.980. The number of ether oxygens (including phenoxy) is 1. The first kappa shape index (κ1) is 16.0. The quantitative estimate of drug-likeness (QED) is 0.853. The lowest BCUT2D eigenvalue weighted by Gasteiger charge is -2.15. The average molecular weight is 305 g/mol. The molecule has 2 atom stereocenters. The molecule has 0 spiro atoms. The Morgan fingerprint density at radius 2 is 1.90 bits per heavy atom. The Labute approximate surface area is 129 Å². The average Bonchev–Trinajstić information content (AvgIpc) is 2.53. The van der Waals surface area contributed by atoms with Gasteiger partial charge in [-0.25, -0.2) is 0 Å². The van der Waals surface area contributed by atoms with Gasteiger partial charge < -0.3 is 10.1 Å². The summed E-state index contributed by atoms with van der Waals surface area (Å²) < 4.78 is 16.7. The molecule has 0 aromatic heterocycles. The first-order chi connectivity index (χ1) is 10.1. The molecule has 2 aromatic carbocycles. The lowest BCUT2D eigenvalue weighted by molar-refractivity contribution is 0.415. The zero-order valence-corrected chi connectivity index (χ0v) is 13.7. The molecule has 4 heteroatoms. The molecular weight excluding hydrogens is 282 g/mol. The highest BCUT2D eigenvalue weighted by Gasteiger charge is 2.06. The fourth-order valence-corrected chi connectivity index (χ4v) is 2.92. The predicted molar refractivity (Wildman–Crippen MR) is 90.5 cm³/mol. The van der Waals surface area contributed by atoms with Crippen LogP contribution in [0, 0.1) is 0 Å². The zero-order valence-electron chi connectivity index (χ0n) is 12.9. The van der Waals surface area contributed by atoms with Gasteiger partial charge in [-0.05, 0) is 41.5 Å². The van der Waals surface area contributed by atoms with Crippen LogP contribution in [0.4, 0.5) is 0 Å². The zero-order chi connectivity index (χ0) is 15.2. The van der Waals surface area contributed by atoms with Crippen LogP contribution < -0.4 is 10.1 Å². The summed E-state index contributed by atoms with van der Waals surface area (Å²) in [4.78, 5) is 0. The van der Waals surface area contributed by atoms with E-state index in [1.807, 2.05) is 19.1 Å². The van der Waals surface area contributed by atoms with E-state index in [0.29, 0.717) is 5.75 Å². The van der Waals surface area contributed by atoms with Crippen LogP contribution in [0.5, 0.6) is 5.75 Å². The third kappa shape index (κ3) is 4.29. The predicted octanol–water partition coefficient (Wildman–Crippen LogP) is 3.27. The summed E-state index contributed by atoms with van der Waals surface area (Å²) in [6.45, 7) is 4.87. The Balaban J connectivity index is 2.06. The van der Waals surface area contributed by atoms with Crippen molar-refractivity contribution in [1.82, 2.24) is 5.32 Å². The number of methoxy groups -OCH3 is 1. The molecule has 0 saturated carbocycles. The fourth-order valence-electron chi connectivity index (χ4n) is 2.29. The van der Waals surface area contributed by atoms with Crippen LogP contribution in [0.1, 0.15) is 25.5 Å². The number of hydrogen-bond acceptors (Lipinski definition) is 3. The van der Waals surface area contributed by atoms with Crippen molar-refractivity contribution in [3.05, 3.63) is 42.0 Å². The van der Waals surface area contributed by atoms with Gasteiger partial charge in [0.05, 0.1) is 7.11 Å². The second kappa shape index (κ2) is 7.57. The van der Waals surface area contributed by atoms with Crippen LogP contribution in [0.3, 0.4) is 0 Å². The minimum Gasteiger partial charge on any atom is -0.497 e. The molecule has 0 bridgehead atoms. The standard InChI is InChI=1S/C17H23NO2S/c1-4-21(19)10-9-18-13(2)14-5-6-16-12-17(20-3)8-7-15(16)11-14/h5-8,11-13,18H,4,9-10H2,1-3H3. The molecular formula is C17H23NO2S. The molecule has 0 radical (unpaired) electrons. The van der Waals surface area contributed by atoms with E-state index in [9.17, 15) is 4.21 Å². The second-order valence-corrected chi connectivity index (χ2v) is 6.95. The van der Waals surface area contributed by atoms with Crippen molar-refractivity contribution in [2.45, 2.75) is 19.9 Å². The Bertz CT molecular complexity index is 627. The molecule has 3 nitrogen and oxygen atoms in total. The maximum absolute atomic E-state index is 11.4. The molecule has 114 valence electrons. The van der Waals surface area contributed by atoms with Gasteiger partial charge in [0.25, 0.3) is 0 Å². The van der Waals surface area contributed by atoms with Gasteiger partial charge >= 0.3 is 0 Å². The molecule has 0 amide bonds. The first-order valence-electron chi connectivity index (χ1n) is 7.30. The van der Waals surface area contributed by atoms with Crippen molar-refractivity contribution in [2.75, 3.05) is 25.2 Å². The van der Waals surface area contributed by atoms with Gasteiger partial charge in [0.1, 0.15) is 5.75 Å². The van der Waals surface area contributed by atoms with Crippen LogP contribution in [0.15, 0.2) is 36.4 Å². The smallest absolute Gasteiger partial charge is 0.119 e. The molecule has 0 saturated heterocycles. The molecule has 1 N–H and O–H groups in total. The molecule has 0 aliphatic rings. The summed E-state index contributed by atoms with van der Waals surface area (Å²) in [5, 5.41) is 5.82. The Morgan fingerprint density at radius 1 is 1.19 bits per heavy atom. The minimum absolute atomic E-state index is 0.255. The minimum atomic E-state index is -0.702. The van der Waals surface area contributed by atoms with Gasteiger partial charge in [-0.3, -0.25) is 4.21 Å². The third-order valence-corrected chi connectivity index (χ3v) is 4.98. The molecule has 2 rings (SSSR count). The first-order valence-corrected chi connectivity index (χ1v) is 8.79. The van der Waals surface area contributed by atoms with E-state index >= 15 is 0 Å². The van der Waals surface area contributed by atoms with Gasteiger partial charge in [-0.2, -0.15) is 0 Å². The van der Waals surface area contributed by atoms with Crippen molar-refractivity contribution in [2.24, 2.45) is 0 Å². The van der Waals surface area contributed by atoms with E-state index in [2.05, 4.69) is 36.5 Å². The van der Waals surface area contributed by atoms with Crippen LogP contribution >= 0.6 is 0 Å². The fraction of sp³-hybridized carbons (Fsp3) is 0.412. The topological polar surface area (TPSA) is 38.3 Å². The number of nitrogens with one attached hydrogen (secondary N) is 1. The largest absolute Gasteiger partial charge is 0.497 e. The van der Waals surface area contributed by atoms with E-state index < -0.39 is 10.8 Å². The summed E-state index contributed by atoms with van der Waals surface area (Å²) in [6, 6.07) is 12.8. The number of benzene rings is 2. The molecule has 0 heterocycles. The summed E-state index contributed by atoms with van der Waals surface area (Å²) in [6.07, 6.45) is 0. The SMILES string of the molecule is CCS(=O)CCNC(C)c1ccc2cc(OC)ccc2c1. The maximum atomic E-state index is 11.4. The van der Waals surface area contributed by atoms with E-state index in [1.165, 1.54) is 16.3 Å². The van der Waals surface area contributed by atoms with Crippen molar-refractivity contribution < 1.29 is 8.95 Å². The van der Waals surface area contributed by atoms with Crippen LogP contribution in [0.2, 0.25) is 0 Å². The third-order valence-electron chi connectivity index (χ3n) is 3.67. The summed E-state index contributed by atoms with van der Waals surface area (Å²) >= 11 is 0. The Hall–Kier alpha value is -1.39.